The van der Waals surface area contributed by atoms with Crippen LogP contribution in [-0.4, -0.2) is 10.5 Å². The molecular formula is C18H26N2S. The van der Waals surface area contributed by atoms with E-state index in [2.05, 4.69) is 71.1 Å². The molecule has 114 valence electrons. The SMILES string of the molecule is Cc1cccc(-c2nc(C(C)C)c(CNC(C)(C)C)s2)c1. The second-order valence-electron chi connectivity index (χ2n) is 6.96. The number of aryl methyl sites for hydroxylation is 1. The van der Waals surface area contributed by atoms with Crippen LogP contribution in [0.1, 0.15) is 56.7 Å². The molecule has 0 fully saturated rings. The van der Waals surface area contributed by atoms with Gasteiger partial charge in [-0.05, 0) is 39.7 Å². The summed E-state index contributed by atoms with van der Waals surface area (Å²) in [6.07, 6.45) is 0. The summed E-state index contributed by atoms with van der Waals surface area (Å²) < 4.78 is 0. The first kappa shape index (κ1) is 16.2. The third kappa shape index (κ3) is 4.39. The number of rotatable bonds is 4. The van der Waals surface area contributed by atoms with Crippen LogP contribution in [0.15, 0.2) is 24.3 Å². The Morgan fingerprint density at radius 2 is 1.95 bits per heavy atom. The van der Waals surface area contributed by atoms with Gasteiger partial charge in [-0.25, -0.2) is 4.98 Å². The van der Waals surface area contributed by atoms with Gasteiger partial charge in [-0.2, -0.15) is 0 Å². The van der Waals surface area contributed by atoms with Gasteiger partial charge in [0.2, 0.25) is 0 Å². The van der Waals surface area contributed by atoms with E-state index in [0.29, 0.717) is 5.92 Å². The minimum Gasteiger partial charge on any atom is -0.307 e. The van der Waals surface area contributed by atoms with E-state index in [9.17, 15) is 0 Å². The van der Waals surface area contributed by atoms with Gasteiger partial charge in [0.1, 0.15) is 5.01 Å². The maximum atomic E-state index is 4.90. The van der Waals surface area contributed by atoms with Gasteiger partial charge in [-0.15, -0.1) is 11.3 Å². The van der Waals surface area contributed by atoms with Crippen LogP contribution in [0.3, 0.4) is 0 Å². The lowest BCUT2D eigenvalue weighted by molar-refractivity contribution is 0.425. The molecular weight excluding hydrogens is 276 g/mol. The molecule has 0 saturated carbocycles. The number of nitrogens with one attached hydrogen (secondary N) is 1. The van der Waals surface area contributed by atoms with Gasteiger partial charge in [-0.3, -0.25) is 0 Å². The number of hydrogen-bond donors (Lipinski definition) is 1. The molecule has 2 aromatic rings. The summed E-state index contributed by atoms with van der Waals surface area (Å²) in [7, 11) is 0. The smallest absolute Gasteiger partial charge is 0.123 e. The molecule has 0 bridgehead atoms. The molecule has 0 unspecified atom stereocenters. The maximum absolute atomic E-state index is 4.90. The Morgan fingerprint density at radius 1 is 1.24 bits per heavy atom. The maximum Gasteiger partial charge on any atom is 0.123 e. The fraction of sp³-hybridized carbons (Fsp3) is 0.500. The van der Waals surface area contributed by atoms with E-state index in [0.717, 1.165) is 11.6 Å². The van der Waals surface area contributed by atoms with Gasteiger partial charge in [0, 0.05) is 22.5 Å². The molecule has 2 rings (SSSR count). The lowest BCUT2D eigenvalue weighted by atomic mass is 10.1. The zero-order valence-corrected chi connectivity index (χ0v) is 14.8. The zero-order chi connectivity index (χ0) is 15.6. The van der Waals surface area contributed by atoms with Crippen molar-refractivity contribution >= 4 is 11.3 Å². The number of hydrogen-bond acceptors (Lipinski definition) is 3. The summed E-state index contributed by atoms with van der Waals surface area (Å²) in [4.78, 5) is 6.26. The van der Waals surface area contributed by atoms with E-state index in [1.807, 2.05) is 11.3 Å². The largest absolute Gasteiger partial charge is 0.307 e. The number of aromatic nitrogens is 1. The molecule has 1 N–H and O–H groups in total. The third-order valence-corrected chi connectivity index (χ3v) is 4.44. The van der Waals surface area contributed by atoms with Crippen molar-refractivity contribution in [2.45, 2.75) is 59.5 Å². The topological polar surface area (TPSA) is 24.9 Å². The fourth-order valence-electron chi connectivity index (χ4n) is 2.19. The standard InChI is InChI=1S/C18H26N2S/c1-12(2)16-15(11-19-18(4,5)6)21-17(20-16)14-9-7-8-13(3)10-14/h7-10,12,19H,11H2,1-6H3. The molecule has 0 radical (unpaired) electrons. The van der Waals surface area contributed by atoms with Crippen molar-refractivity contribution in [1.29, 1.82) is 0 Å². The summed E-state index contributed by atoms with van der Waals surface area (Å²) in [6.45, 7) is 14.0. The van der Waals surface area contributed by atoms with Crippen molar-refractivity contribution in [3.8, 4) is 10.6 Å². The van der Waals surface area contributed by atoms with Crippen LogP contribution in [0, 0.1) is 6.92 Å². The molecule has 0 atom stereocenters. The second-order valence-corrected chi connectivity index (χ2v) is 8.04. The molecule has 1 aromatic carbocycles. The van der Waals surface area contributed by atoms with Gasteiger partial charge >= 0.3 is 0 Å². The number of nitrogens with zero attached hydrogens (tertiary/aromatic N) is 1. The highest BCUT2D eigenvalue weighted by Crippen LogP contribution is 2.32. The Kier molecular flexibility index (Phi) is 4.84. The Labute approximate surface area is 132 Å². The van der Waals surface area contributed by atoms with Crippen molar-refractivity contribution in [2.24, 2.45) is 0 Å². The molecule has 1 heterocycles. The predicted octanol–water partition coefficient (Wildman–Crippen LogP) is 5.13. The Bertz CT molecular complexity index is 606. The molecule has 21 heavy (non-hydrogen) atoms. The molecule has 0 amide bonds. The van der Waals surface area contributed by atoms with Crippen LogP contribution in [0.4, 0.5) is 0 Å². The summed E-state index contributed by atoms with van der Waals surface area (Å²) >= 11 is 1.82. The van der Waals surface area contributed by atoms with E-state index in [4.69, 9.17) is 4.98 Å². The van der Waals surface area contributed by atoms with Gasteiger partial charge in [-0.1, -0.05) is 37.6 Å². The highest BCUT2D eigenvalue weighted by atomic mass is 32.1. The minimum atomic E-state index is 0.127. The minimum absolute atomic E-state index is 0.127. The zero-order valence-electron chi connectivity index (χ0n) is 13.9. The molecule has 0 aliphatic heterocycles. The first-order valence-electron chi connectivity index (χ1n) is 7.58. The molecule has 0 aliphatic rings. The van der Waals surface area contributed by atoms with Crippen LogP contribution < -0.4 is 5.32 Å². The third-order valence-electron chi connectivity index (χ3n) is 3.32. The normalized spacial score (nSPS) is 12.1. The van der Waals surface area contributed by atoms with E-state index >= 15 is 0 Å². The molecule has 0 saturated heterocycles. The van der Waals surface area contributed by atoms with Gasteiger partial charge in [0.15, 0.2) is 0 Å². The highest BCUT2D eigenvalue weighted by Gasteiger charge is 2.17. The Balaban J connectivity index is 2.33. The summed E-state index contributed by atoms with van der Waals surface area (Å²) in [5, 5.41) is 4.71. The average Bonchev–Trinajstić information content (AvgIpc) is 2.80. The van der Waals surface area contributed by atoms with Crippen LogP contribution >= 0.6 is 11.3 Å². The van der Waals surface area contributed by atoms with Crippen molar-refractivity contribution in [3.05, 3.63) is 40.4 Å². The van der Waals surface area contributed by atoms with E-state index in [-0.39, 0.29) is 5.54 Å². The first-order chi connectivity index (χ1) is 9.76. The summed E-state index contributed by atoms with van der Waals surface area (Å²) in [5.74, 6) is 0.455. The molecule has 0 aliphatic carbocycles. The Morgan fingerprint density at radius 3 is 2.52 bits per heavy atom. The first-order valence-corrected chi connectivity index (χ1v) is 8.39. The second kappa shape index (κ2) is 6.29. The average molecular weight is 302 g/mol. The van der Waals surface area contributed by atoms with Crippen LogP contribution in [0.5, 0.6) is 0 Å². The summed E-state index contributed by atoms with van der Waals surface area (Å²) in [6, 6.07) is 8.59. The highest BCUT2D eigenvalue weighted by molar-refractivity contribution is 7.15. The van der Waals surface area contributed by atoms with Gasteiger partial charge in [0.05, 0.1) is 5.69 Å². The predicted molar refractivity (Wildman–Crippen MR) is 93.0 cm³/mol. The van der Waals surface area contributed by atoms with Crippen molar-refractivity contribution in [2.75, 3.05) is 0 Å². The number of thiazole rings is 1. The van der Waals surface area contributed by atoms with Crippen molar-refractivity contribution in [1.82, 2.24) is 10.3 Å². The van der Waals surface area contributed by atoms with Gasteiger partial charge < -0.3 is 5.32 Å². The lowest BCUT2D eigenvalue weighted by Gasteiger charge is -2.20. The molecule has 2 nitrogen and oxygen atoms in total. The van der Waals surface area contributed by atoms with Crippen LogP contribution in [-0.2, 0) is 6.54 Å². The van der Waals surface area contributed by atoms with Crippen molar-refractivity contribution in [3.63, 3.8) is 0 Å². The molecule has 3 heteroatoms. The molecule has 0 spiro atoms. The van der Waals surface area contributed by atoms with Crippen LogP contribution in [0.2, 0.25) is 0 Å². The van der Waals surface area contributed by atoms with Crippen molar-refractivity contribution < 1.29 is 0 Å². The van der Waals surface area contributed by atoms with E-state index in [1.165, 1.54) is 21.7 Å². The fourth-order valence-corrected chi connectivity index (χ4v) is 3.34. The van der Waals surface area contributed by atoms with Crippen LogP contribution in [0.25, 0.3) is 10.6 Å². The Hall–Kier alpha value is -1.19. The monoisotopic (exact) mass is 302 g/mol. The van der Waals surface area contributed by atoms with Gasteiger partial charge in [0.25, 0.3) is 0 Å². The lowest BCUT2D eigenvalue weighted by Crippen LogP contribution is -2.35. The van der Waals surface area contributed by atoms with E-state index < -0.39 is 0 Å². The molecule has 1 aromatic heterocycles. The number of benzene rings is 1. The quantitative estimate of drug-likeness (QED) is 0.847. The van der Waals surface area contributed by atoms with E-state index in [1.54, 1.807) is 0 Å². The summed E-state index contributed by atoms with van der Waals surface area (Å²) in [5.41, 5.74) is 3.86.